The Morgan fingerprint density at radius 1 is 1.17 bits per heavy atom. The molecule has 3 aromatic rings. The van der Waals surface area contributed by atoms with E-state index in [1.165, 1.54) is 0 Å². The van der Waals surface area contributed by atoms with Crippen molar-refractivity contribution in [3.63, 3.8) is 0 Å². The van der Waals surface area contributed by atoms with Gasteiger partial charge in [-0.25, -0.2) is 4.68 Å². The van der Waals surface area contributed by atoms with E-state index in [1.54, 1.807) is 18.0 Å². The van der Waals surface area contributed by atoms with Gasteiger partial charge in [-0.05, 0) is 50.6 Å². The molecule has 1 aliphatic rings. The highest BCUT2D eigenvalue weighted by Crippen LogP contribution is 2.32. The van der Waals surface area contributed by atoms with Gasteiger partial charge in [-0.2, -0.15) is 5.10 Å². The topological polar surface area (TPSA) is 68.2 Å². The normalized spacial score (nSPS) is 18.3. The number of hydrogen-bond acceptors (Lipinski definition) is 4. The summed E-state index contributed by atoms with van der Waals surface area (Å²) >= 11 is 0. The first-order chi connectivity index (χ1) is 14.2. The second-order valence-electron chi connectivity index (χ2n) is 7.42. The van der Waals surface area contributed by atoms with E-state index >= 15 is 0 Å². The molecule has 1 amide bonds. The first-order valence-electron chi connectivity index (χ1n) is 9.98. The lowest BCUT2D eigenvalue weighted by Crippen LogP contribution is -2.46. The third-order valence-corrected chi connectivity index (χ3v) is 5.30. The molecule has 6 nitrogen and oxygen atoms in total. The molecule has 4 rings (SSSR count). The van der Waals surface area contributed by atoms with Gasteiger partial charge in [-0.1, -0.05) is 30.3 Å². The summed E-state index contributed by atoms with van der Waals surface area (Å²) in [5, 5.41) is 11.4. The molecule has 2 aromatic carbocycles. The van der Waals surface area contributed by atoms with Crippen LogP contribution >= 0.6 is 12.4 Å². The van der Waals surface area contributed by atoms with E-state index in [9.17, 15) is 4.79 Å². The Morgan fingerprint density at radius 2 is 1.90 bits per heavy atom. The Hall–Kier alpha value is -2.83. The largest absolute Gasteiger partial charge is 0.496 e. The minimum absolute atomic E-state index is 0. The second-order valence-corrected chi connectivity index (χ2v) is 7.42. The van der Waals surface area contributed by atoms with Crippen molar-refractivity contribution in [2.75, 3.05) is 13.7 Å². The number of halogens is 1. The summed E-state index contributed by atoms with van der Waals surface area (Å²) in [6.45, 7) is 3.06. The molecule has 0 radical (unpaired) electrons. The Kier molecular flexibility index (Phi) is 7.13. The highest BCUT2D eigenvalue weighted by atomic mass is 35.5. The van der Waals surface area contributed by atoms with Crippen LogP contribution in [-0.4, -0.2) is 41.4 Å². The number of nitrogens with one attached hydrogen (secondary N) is 2. The van der Waals surface area contributed by atoms with Crippen molar-refractivity contribution in [1.82, 2.24) is 20.4 Å². The van der Waals surface area contributed by atoms with E-state index in [1.807, 2.05) is 54.6 Å². The maximum absolute atomic E-state index is 13.2. The lowest BCUT2D eigenvalue weighted by molar-refractivity contribution is 0.0926. The first kappa shape index (κ1) is 21.9. The van der Waals surface area contributed by atoms with Crippen molar-refractivity contribution in [3.05, 3.63) is 66.4 Å². The summed E-state index contributed by atoms with van der Waals surface area (Å²) in [6.07, 6.45) is 3.65. The van der Waals surface area contributed by atoms with Crippen molar-refractivity contribution in [2.24, 2.45) is 0 Å². The second kappa shape index (κ2) is 9.78. The molecular formula is C23H27ClN4O2. The number of ether oxygens (including phenoxy) is 1. The Bertz CT molecular complexity index is 990. The number of carbonyl (C=O) groups excluding carboxylic acids is 1. The van der Waals surface area contributed by atoms with E-state index in [4.69, 9.17) is 9.84 Å². The van der Waals surface area contributed by atoms with Gasteiger partial charge in [0.25, 0.3) is 5.91 Å². The number of amides is 1. The maximum atomic E-state index is 13.2. The van der Waals surface area contributed by atoms with E-state index in [-0.39, 0.29) is 24.4 Å². The molecule has 7 heteroatoms. The van der Waals surface area contributed by atoms with Crippen LogP contribution in [-0.2, 0) is 0 Å². The fourth-order valence-corrected chi connectivity index (χ4v) is 3.82. The Balaban J connectivity index is 0.00000256. The molecule has 1 fully saturated rings. The zero-order valence-electron chi connectivity index (χ0n) is 17.2. The molecule has 2 N–H and O–H groups in total. The summed E-state index contributed by atoms with van der Waals surface area (Å²) in [5.41, 5.74) is 2.86. The third kappa shape index (κ3) is 4.66. The number of methoxy groups -OCH3 is 1. The number of hydrogen-bond donors (Lipinski definition) is 2. The fraction of sp³-hybridized carbons (Fsp3) is 0.304. The minimum Gasteiger partial charge on any atom is -0.496 e. The first-order valence-corrected chi connectivity index (χ1v) is 9.98. The summed E-state index contributed by atoms with van der Waals surface area (Å²) in [7, 11) is 1.63. The van der Waals surface area contributed by atoms with E-state index in [0.717, 1.165) is 30.6 Å². The molecule has 0 saturated carbocycles. The monoisotopic (exact) mass is 426 g/mol. The van der Waals surface area contributed by atoms with Gasteiger partial charge in [-0.15, -0.1) is 12.4 Å². The zero-order chi connectivity index (χ0) is 20.2. The van der Waals surface area contributed by atoms with Crippen molar-refractivity contribution >= 4 is 18.3 Å². The van der Waals surface area contributed by atoms with E-state index in [0.29, 0.717) is 23.0 Å². The van der Waals surface area contributed by atoms with Gasteiger partial charge in [-0.3, -0.25) is 4.79 Å². The number of carbonyl (C=O) groups is 1. The molecule has 2 atom stereocenters. The third-order valence-electron chi connectivity index (χ3n) is 5.30. The highest BCUT2D eigenvalue weighted by Gasteiger charge is 2.25. The van der Waals surface area contributed by atoms with Crippen LogP contribution < -0.4 is 15.4 Å². The smallest absolute Gasteiger partial charge is 0.255 e. The lowest BCUT2D eigenvalue weighted by atomic mass is 10.00. The van der Waals surface area contributed by atoms with E-state index < -0.39 is 0 Å². The lowest BCUT2D eigenvalue weighted by Gasteiger charge is -2.28. The van der Waals surface area contributed by atoms with Gasteiger partial charge < -0.3 is 15.4 Å². The van der Waals surface area contributed by atoms with Crippen LogP contribution in [0.4, 0.5) is 0 Å². The number of rotatable bonds is 5. The van der Waals surface area contributed by atoms with Gasteiger partial charge in [0.15, 0.2) is 0 Å². The van der Waals surface area contributed by atoms with Crippen LogP contribution in [0.25, 0.3) is 16.9 Å². The summed E-state index contributed by atoms with van der Waals surface area (Å²) in [6, 6.07) is 18.0. The molecule has 0 aliphatic carbocycles. The van der Waals surface area contributed by atoms with Crippen LogP contribution in [0.3, 0.4) is 0 Å². The molecule has 0 bridgehead atoms. The van der Waals surface area contributed by atoms with Crippen LogP contribution in [0.1, 0.15) is 30.1 Å². The number of nitrogens with zero attached hydrogens (tertiary/aromatic N) is 2. The molecular weight excluding hydrogens is 400 g/mol. The molecule has 2 unspecified atom stereocenters. The number of para-hydroxylation sites is 2. The Morgan fingerprint density at radius 3 is 2.63 bits per heavy atom. The number of aromatic nitrogens is 2. The van der Waals surface area contributed by atoms with Gasteiger partial charge in [0.1, 0.15) is 11.4 Å². The predicted octanol–water partition coefficient (Wildman–Crippen LogP) is 3.84. The highest BCUT2D eigenvalue weighted by molar-refractivity contribution is 6.00. The average Bonchev–Trinajstić information content (AvgIpc) is 3.20. The van der Waals surface area contributed by atoms with Crippen LogP contribution in [0, 0.1) is 0 Å². The quantitative estimate of drug-likeness (QED) is 0.650. The zero-order valence-corrected chi connectivity index (χ0v) is 18.0. The minimum atomic E-state index is -0.104. The van der Waals surface area contributed by atoms with Crippen molar-refractivity contribution < 1.29 is 9.53 Å². The summed E-state index contributed by atoms with van der Waals surface area (Å²) < 4.78 is 7.28. The molecule has 2 heterocycles. The van der Waals surface area contributed by atoms with Crippen molar-refractivity contribution in [1.29, 1.82) is 0 Å². The molecule has 1 aliphatic heterocycles. The molecule has 158 valence electrons. The fourth-order valence-electron chi connectivity index (χ4n) is 3.82. The summed E-state index contributed by atoms with van der Waals surface area (Å²) in [5.74, 6) is 0.586. The molecule has 1 aromatic heterocycles. The van der Waals surface area contributed by atoms with Crippen LogP contribution in [0.5, 0.6) is 5.75 Å². The van der Waals surface area contributed by atoms with Gasteiger partial charge in [0.05, 0.1) is 18.4 Å². The number of benzene rings is 2. The van der Waals surface area contributed by atoms with Crippen LogP contribution in [0.15, 0.2) is 60.8 Å². The molecule has 1 saturated heterocycles. The Labute approximate surface area is 183 Å². The summed E-state index contributed by atoms with van der Waals surface area (Å²) in [4.78, 5) is 13.2. The SMILES string of the molecule is COc1ccccc1-c1nn(-c2ccccc2)cc1C(=O)NC1CCNC(C)C1.Cl. The standard InChI is InChI=1S/C23H26N4O2.ClH/c1-16-14-17(12-13-24-16)25-23(28)20-15-27(18-8-4-3-5-9-18)26-22(20)19-10-6-7-11-21(19)29-2;/h3-11,15-17,24H,12-14H2,1-2H3,(H,25,28);1H. The average molecular weight is 427 g/mol. The van der Waals surface area contributed by atoms with Crippen molar-refractivity contribution in [2.45, 2.75) is 31.8 Å². The van der Waals surface area contributed by atoms with Crippen molar-refractivity contribution in [3.8, 4) is 22.7 Å². The van der Waals surface area contributed by atoms with Gasteiger partial charge in [0.2, 0.25) is 0 Å². The predicted molar refractivity (Wildman–Crippen MR) is 121 cm³/mol. The molecule has 30 heavy (non-hydrogen) atoms. The van der Waals surface area contributed by atoms with Gasteiger partial charge >= 0.3 is 0 Å². The maximum Gasteiger partial charge on any atom is 0.255 e. The number of piperidine rings is 1. The van der Waals surface area contributed by atoms with Crippen LogP contribution in [0.2, 0.25) is 0 Å². The molecule has 0 spiro atoms. The van der Waals surface area contributed by atoms with E-state index in [2.05, 4.69) is 17.6 Å². The van der Waals surface area contributed by atoms with Gasteiger partial charge in [0, 0.05) is 23.8 Å².